The average Bonchev–Trinajstić information content (AvgIpc) is 3.05. The Hall–Kier alpha value is -1.34. The molecule has 1 fully saturated rings. The van der Waals surface area contributed by atoms with Crippen LogP contribution >= 0.6 is 23.4 Å². The number of nitrogen functional groups attached to an aromatic ring is 1. The number of nitrogens with two attached hydrogens (primary N) is 1. The van der Waals surface area contributed by atoms with Gasteiger partial charge in [-0.15, -0.1) is 10.2 Å². The van der Waals surface area contributed by atoms with Crippen LogP contribution in [0.15, 0.2) is 16.2 Å². The first-order valence-electron chi connectivity index (χ1n) is 5.50. The first kappa shape index (κ1) is 11.7. The molecule has 2 aromatic heterocycles. The van der Waals surface area contributed by atoms with Crippen molar-refractivity contribution < 1.29 is 0 Å². The Morgan fingerprint density at radius 2 is 2.17 bits per heavy atom. The van der Waals surface area contributed by atoms with E-state index in [-0.39, 0.29) is 5.95 Å². The van der Waals surface area contributed by atoms with Gasteiger partial charge in [0, 0.05) is 19.0 Å². The number of hydrogen-bond acceptors (Lipinski definition) is 6. The lowest BCUT2D eigenvalue weighted by atomic mass is 10.4. The Bertz CT molecular complexity index is 574. The van der Waals surface area contributed by atoms with Crippen LogP contribution in [-0.4, -0.2) is 24.7 Å². The maximum atomic E-state index is 5.83. The van der Waals surface area contributed by atoms with Crippen LogP contribution < -0.4 is 5.73 Å². The fourth-order valence-corrected chi connectivity index (χ4v) is 2.74. The van der Waals surface area contributed by atoms with E-state index < -0.39 is 0 Å². The molecule has 3 rings (SSSR count). The molecule has 94 valence electrons. The lowest BCUT2D eigenvalue weighted by Crippen LogP contribution is -1.99. The normalized spacial score (nSPS) is 15.0. The third-order valence-electron chi connectivity index (χ3n) is 2.70. The molecule has 0 spiro atoms. The topological polar surface area (TPSA) is 82.5 Å². The number of rotatable bonds is 3. The Morgan fingerprint density at radius 1 is 1.39 bits per heavy atom. The summed E-state index contributed by atoms with van der Waals surface area (Å²) < 4.78 is 1.99. The summed E-state index contributed by atoms with van der Waals surface area (Å²) in [6.45, 7) is 0. The zero-order chi connectivity index (χ0) is 12.7. The number of anilines is 1. The third-order valence-corrected chi connectivity index (χ3v) is 3.85. The van der Waals surface area contributed by atoms with Crippen molar-refractivity contribution in [3.63, 3.8) is 0 Å². The van der Waals surface area contributed by atoms with Crippen molar-refractivity contribution in [2.45, 2.75) is 28.9 Å². The zero-order valence-electron chi connectivity index (χ0n) is 9.67. The highest BCUT2D eigenvalue weighted by Gasteiger charge is 2.29. The molecule has 0 amide bonds. The van der Waals surface area contributed by atoms with Gasteiger partial charge in [-0.25, -0.2) is 9.97 Å². The van der Waals surface area contributed by atoms with Crippen molar-refractivity contribution in [3.05, 3.63) is 17.0 Å². The molecule has 0 unspecified atom stereocenters. The van der Waals surface area contributed by atoms with Crippen LogP contribution in [0.25, 0.3) is 0 Å². The van der Waals surface area contributed by atoms with Gasteiger partial charge in [0.05, 0.1) is 0 Å². The lowest BCUT2D eigenvalue weighted by molar-refractivity contribution is 0.736. The molecule has 2 N–H and O–H groups in total. The van der Waals surface area contributed by atoms with Crippen molar-refractivity contribution in [2.75, 3.05) is 5.73 Å². The van der Waals surface area contributed by atoms with Gasteiger partial charge in [-0.05, 0) is 24.6 Å². The number of halogens is 1. The van der Waals surface area contributed by atoms with Crippen molar-refractivity contribution >= 4 is 29.3 Å². The molecule has 8 heteroatoms. The van der Waals surface area contributed by atoms with E-state index in [2.05, 4.69) is 20.2 Å². The Labute approximate surface area is 113 Å². The SMILES string of the molecule is Cn1c(Sc2cc(Cl)nc(N)n2)nnc1C1CC1. The second-order valence-electron chi connectivity index (χ2n) is 4.16. The first-order valence-corrected chi connectivity index (χ1v) is 6.70. The van der Waals surface area contributed by atoms with Gasteiger partial charge in [0.15, 0.2) is 5.16 Å². The van der Waals surface area contributed by atoms with Crippen LogP contribution in [0.4, 0.5) is 5.95 Å². The molecule has 1 saturated carbocycles. The molecule has 2 heterocycles. The molecule has 1 aliphatic carbocycles. The molecule has 0 saturated heterocycles. The van der Waals surface area contributed by atoms with E-state index in [0.717, 1.165) is 11.0 Å². The van der Waals surface area contributed by atoms with E-state index in [1.165, 1.54) is 24.6 Å². The van der Waals surface area contributed by atoms with Crippen LogP contribution in [-0.2, 0) is 7.05 Å². The molecule has 0 atom stereocenters. The van der Waals surface area contributed by atoms with Gasteiger partial charge >= 0.3 is 0 Å². The fourth-order valence-electron chi connectivity index (χ4n) is 1.67. The summed E-state index contributed by atoms with van der Waals surface area (Å²) in [6, 6.07) is 1.66. The summed E-state index contributed by atoms with van der Waals surface area (Å²) >= 11 is 7.22. The largest absolute Gasteiger partial charge is 0.368 e. The molecule has 0 aromatic carbocycles. The summed E-state index contributed by atoms with van der Waals surface area (Å²) in [5.41, 5.74) is 5.55. The van der Waals surface area contributed by atoms with Crippen molar-refractivity contribution in [1.82, 2.24) is 24.7 Å². The van der Waals surface area contributed by atoms with Gasteiger partial charge in [0.2, 0.25) is 5.95 Å². The minimum Gasteiger partial charge on any atom is -0.368 e. The number of nitrogens with zero attached hydrogens (tertiary/aromatic N) is 5. The number of hydrogen-bond donors (Lipinski definition) is 1. The predicted octanol–water partition coefficient (Wildman–Crippen LogP) is 1.87. The molecule has 2 aromatic rings. The van der Waals surface area contributed by atoms with E-state index in [1.54, 1.807) is 6.07 Å². The van der Waals surface area contributed by atoms with Crippen LogP contribution in [0.1, 0.15) is 24.6 Å². The van der Waals surface area contributed by atoms with Crippen LogP contribution in [0, 0.1) is 0 Å². The van der Waals surface area contributed by atoms with Gasteiger partial charge in [0.1, 0.15) is 16.0 Å². The van der Waals surface area contributed by atoms with Crippen molar-refractivity contribution in [2.24, 2.45) is 7.05 Å². The standard InChI is InChI=1S/C10H11ClN6S/c1-17-8(5-2-3-5)15-16-10(17)18-7-4-6(11)13-9(12)14-7/h4-5H,2-3H2,1H3,(H2,12,13,14). The summed E-state index contributed by atoms with van der Waals surface area (Å²) in [6.07, 6.45) is 2.39. The zero-order valence-corrected chi connectivity index (χ0v) is 11.2. The molecule has 6 nitrogen and oxygen atoms in total. The third kappa shape index (κ3) is 2.28. The summed E-state index contributed by atoms with van der Waals surface area (Å²) in [5, 5.41) is 10.1. The minimum atomic E-state index is 0.162. The fraction of sp³-hybridized carbons (Fsp3) is 0.400. The highest BCUT2D eigenvalue weighted by molar-refractivity contribution is 7.99. The second-order valence-corrected chi connectivity index (χ2v) is 5.54. The second kappa shape index (κ2) is 4.40. The van der Waals surface area contributed by atoms with Crippen molar-refractivity contribution in [1.29, 1.82) is 0 Å². The molecular formula is C10H11ClN6S. The van der Waals surface area contributed by atoms with Gasteiger partial charge < -0.3 is 10.3 Å². The minimum absolute atomic E-state index is 0.162. The Morgan fingerprint density at radius 3 is 2.83 bits per heavy atom. The molecule has 0 aliphatic heterocycles. The van der Waals surface area contributed by atoms with E-state index in [4.69, 9.17) is 17.3 Å². The summed E-state index contributed by atoms with van der Waals surface area (Å²) in [4.78, 5) is 7.92. The molecular weight excluding hydrogens is 272 g/mol. The highest BCUT2D eigenvalue weighted by atomic mass is 35.5. The van der Waals surface area contributed by atoms with Crippen LogP contribution in [0.5, 0.6) is 0 Å². The quantitative estimate of drug-likeness (QED) is 0.866. The molecule has 0 bridgehead atoms. The first-order chi connectivity index (χ1) is 8.63. The lowest BCUT2D eigenvalue weighted by Gasteiger charge is -2.03. The van der Waals surface area contributed by atoms with Gasteiger partial charge in [-0.1, -0.05) is 11.6 Å². The maximum absolute atomic E-state index is 5.83. The Balaban J connectivity index is 1.87. The summed E-state index contributed by atoms with van der Waals surface area (Å²) in [5.74, 6) is 1.76. The van der Waals surface area contributed by atoms with Crippen LogP contribution in [0.3, 0.4) is 0 Å². The van der Waals surface area contributed by atoms with Gasteiger partial charge in [0.25, 0.3) is 0 Å². The van der Waals surface area contributed by atoms with E-state index in [0.29, 0.717) is 16.1 Å². The van der Waals surface area contributed by atoms with Crippen LogP contribution in [0.2, 0.25) is 5.15 Å². The monoisotopic (exact) mass is 282 g/mol. The summed E-state index contributed by atoms with van der Waals surface area (Å²) in [7, 11) is 1.96. The van der Waals surface area contributed by atoms with Gasteiger partial charge in [-0.2, -0.15) is 0 Å². The molecule has 0 radical (unpaired) electrons. The molecule has 1 aliphatic rings. The maximum Gasteiger partial charge on any atom is 0.222 e. The van der Waals surface area contributed by atoms with E-state index in [9.17, 15) is 0 Å². The van der Waals surface area contributed by atoms with E-state index in [1.807, 2.05) is 11.6 Å². The van der Waals surface area contributed by atoms with E-state index >= 15 is 0 Å². The van der Waals surface area contributed by atoms with Gasteiger partial charge in [-0.3, -0.25) is 0 Å². The predicted molar refractivity (Wildman–Crippen MR) is 68.6 cm³/mol. The molecule has 18 heavy (non-hydrogen) atoms. The highest BCUT2D eigenvalue weighted by Crippen LogP contribution is 2.40. The van der Waals surface area contributed by atoms with Crippen molar-refractivity contribution in [3.8, 4) is 0 Å². The smallest absolute Gasteiger partial charge is 0.222 e. The number of aromatic nitrogens is 5. The average molecular weight is 283 g/mol. The Kier molecular flexibility index (Phi) is 2.87.